The summed E-state index contributed by atoms with van der Waals surface area (Å²) < 4.78 is 27.9. The lowest BCUT2D eigenvalue weighted by atomic mass is 10.2. The van der Waals surface area contributed by atoms with Gasteiger partial charge in [0.2, 0.25) is 5.88 Å². The Bertz CT molecular complexity index is 1110. The third kappa shape index (κ3) is 2.80. The SMILES string of the molecule is Cc1cc2c(F)c(Oc3ncnn4cc(OCCBr)c(C)c34)ccc2[nH]1. The molecular weight excluding hydrogens is 403 g/mol. The number of hydrogen-bond acceptors (Lipinski definition) is 4. The first-order valence-corrected chi connectivity index (χ1v) is 9.18. The predicted octanol–water partition coefficient (Wildman–Crippen LogP) is 4.53. The van der Waals surface area contributed by atoms with Gasteiger partial charge in [0.05, 0.1) is 12.8 Å². The van der Waals surface area contributed by atoms with Crippen LogP contribution in [0.3, 0.4) is 0 Å². The number of nitrogens with zero attached hydrogens (tertiary/aromatic N) is 3. The normalized spacial score (nSPS) is 11.4. The smallest absolute Gasteiger partial charge is 0.247 e. The van der Waals surface area contributed by atoms with E-state index in [1.165, 1.54) is 6.33 Å². The van der Waals surface area contributed by atoms with Gasteiger partial charge in [0.15, 0.2) is 11.6 Å². The first kappa shape index (κ1) is 16.8. The van der Waals surface area contributed by atoms with Gasteiger partial charge >= 0.3 is 0 Å². The molecule has 0 spiro atoms. The minimum atomic E-state index is -0.427. The lowest BCUT2D eigenvalue weighted by Crippen LogP contribution is -1.98. The molecule has 1 N–H and O–H groups in total. The van der Waals surface area contributed by atoms with Crippen LogP contribution in [0.5, 0.6) is 17.4 Å². The van der Waals surface area contributed by atoms with Crippen LogP contribution in [0.15, 0.2) is 30.7 Å². The minimum absolute atomic E-state index is 0.112. The maximum atomic E-state index is 14.8. The molecule has 0 bridgehead atoms. The van der Waals surface area contributed by atoms with Crippen LogP contribution < -0.4 is 9.47 Å². The number of halogens is 2. The summed E-state index contributed by atoms with van der Waals surface area (Å²) in [5, 5.41) is 5.39. The van der Waals surface area contributed by atoms with Gasteiger partial charge in [0.25, 0.3) is 0 Å². The van der Waals surface area contributed by atoms with Gasteiger partial charge in [-0.3, -0.25) is 0 Å². The highest BCUT2D eigenvalue weighted by Crippen LogP contribution is 2.34. The third-order valence-corrected chi connectivity index (χ3v) is 4.45. The van der Waals surface area contributed by atoms with Gasteiger partial charge in [-0.25, -0.2) is 8.91 Å². The molecule has 134 valence electrons. The van der Waals surface area contributed by atoms with Crippen LogP contribution in [0.4, 0.5) is 4.39 Å². The number of alkyl halides is 1. The molecule has 0 atom stereocenters. The number of aromatic nitrogens is 4. The van der Waals surface area contributed by atoms with E-state index in [2.05, 4.69) is 31.0 Å². The van der Waals surface area contributed by atoms with Gasteiger partial charge in [0, 0.05) is 27.5 Å². The Morgan fingerprint density at radius 3 is 2.92 bits per heavy atom. The summed E-state index contributed by atoms with van der Waals surface area (Å²) in [4.78, 5) is 7.30. The molecule has 1 aromatic carbocycles. The topological polar surface area (TPSA) is 64.4 Å². The minimum Gasteiger partial charge on any atom is -0.491 e. The molecular formula is C18H16BrFN4O2. The summed E-state index contributed by atoms with van der Waals surface area (Å²) in [6.07, 6.45) is 3.13. The van der Waals surface area contributed by atoms with Crippen LogP contribution in [-0.2, 0) is 0 Å². The van der Waals surface area contributed by atoms with Gasteiger partial charge in [-0.05, 0) is 32.0 Å². The van der Waals surface area contributed by atoms with Crippen molar-refractivity contribution >= 4 is 32.3 Å². The molecule has 26 heavy (non-hydrogen) atoms. The van der Waals surface area contributed by atoms with Gasteiger partial charge in [-0.1, -0.05) is 15.9 Å². The molecule has 0 fully saturated rings. The van der Waals surface area contributed by atoms with E-state index in [4.69, 9.17) is 9.47 Å². The summed E-state index contributed by atoms with van der Waals surface area (Å²) in [7, 11) is 0. The fourth-order valence-corrected chi connectivity index (χ4v) is 3.11. The van der Waals surface area contributed by atoms with E-state index in [1.54, 1.807) is 28.9 Å². The number of benzene rings is 1. The van der Waals surface area contributed by atoms with E-state index in [0.717, 1.165) is 22.1 Å². The van der Waals surface area contributed by atoms with Crippen molar-refractivity contribution in [1.29, 1.82) is 0 Å². The van der Waals surface area contributed by atoms with E-state index in [-0.39, 0.29) is 11.6 Å². The van der Waals surface area contributed by atoms with Crippen LogP contribution in [0.2, 0.25) is 0 Å². The second-order valence-corrected chi connectivity index (χ2v) is 6.70. The Labute approximate surface area is 157 Å². The number of aromatic amines is 1. The zero-order chi connectivity index (χ0) is 18.3. The lowest BCUT2D eigenvalue weighted by Gasteiger charge is -2.08. The van der Waals surface area contributed by atoms with Gasteiger partial charge < -0.3 is 14.5 Å². The third-order valence-electron chi connectivity index (χ3n) is 4.13. The monoisotopic (exact) mass is 418 g/mol. The second-order valence-electron chi connectivity index (χ2n) is 5.91. The Balaban J connectivity index is 1.77. The summed E-state index contributed by atoms with van der Waals surface area (Å²) in [5.74, 6) is 0.646. The molecule has 0 amide bonds. The molecule has 0 unspecified atom stereocenters. The highest BCUT2D eigenvalue weighted by atomic mass is 79.9. The van der Waals surface area contributed by atoms with Crippen molar-refractivity contribution < 1.29 is 13.9 Å². The maximum Gasteiger partial charge on any atom is 0.247 e. The number of fused-ring (bicyclic) bond motifs is 2. The van der Waals surface area contributed by atoms with Crippen molar-refractivity contribution in [2.45, 2.75) is 13.8 Å². The van der Waals surface area contributed by atoms with Gasteiger partial charge in [-0.2, -0.15) is 10.1 Å². The number of aryl methyl sites for hydroxylation is 2. The first-order chi connectivity index (χ1) is 12.6. The molecule has 0 aliphatic heterocycles. The highest BCUT2D eigenvalue weighted by Gasteiger charge is 2.18. The van der Waals surface area contributed by atoms with E-state index in [1.807, 2.05) is 13.8 Å². The lowest BCUT2D eigenvalue weighted by molar-refractivity contribution is 0.343. The zero-order valence-electron chi connectivity index (χ0n) is 14.2. The molecule has 6 nitrogen and oxygen atoms in total. The first-order valence-electron chi connectivity index (χ1n) is 8.06. The molecule has 3 heterocycles. The summed E-state index contributed by atoms with van der Waals surface area (Å²) in [5.41, 5.74) is 3.09. The Hall–Kier alpha value is -2.61. The number of rotatable bonds is 5. The van der Waals surface area contributed by atoms with E-state index in [9.17, 15) is 4.39 Å². The maximum absolute atomic E-state index is 14.8. The largest absolute Gasteiger partial charge is 0.491 e. The highest BCUT2D eigenvalue weighted by molar-refractivity contribution is 9.09. The number of hydrogen-bond donors (Lipinski definition) is 1. The molecule has 0 aliphatic rings. The van der Waals surface area contributed by atoms with Crippen LogP contribution >= 0.6 is 15.9 Å². The quantitative estimate of drug-likeness (QED) is 0.483. The van der Waals surface area contributed by atoms with Crippen LogP contribution in [0.25, 0.3) is 16.4 Å². The van der Waals surface area contributed by atoms with Crippen molar-refractivity contribution in [3.05, 3.63) is 47.8 Å². The Kier molecular flexibility index (Phi) is 4.28. The number of ether oxygens (including phenoxy) is 2. The number of H-pyrrole nitrogens is 1. The van der Waals surface area contributed by atoms with Crippen LogP contribution in [0, 0.1) is 19.7 Å². The molecule has 4 rings (SSSR count). The Morgan fingerprint density at radius 1 is 1.27 bits per heavy atom. The fraction of sp³-hybridized carbons (Fsp3) is 0.222. The van der Waals surface area contributed by atoms with Crippen molar-refractivity contribution in [2.75, 3.05) is 11.9 Å². The molecule has 4 aromatic rings. The fourth-order valence-electron chi connectivity index (χ4n) is 2.95. The van der Waals surface area contributed by atoms with Crippen LogP contribution in [0.1, 0.15) is 11.3 Å². The molecule has 0 radical (unpaired) electrons. The summed E-state index contributed by atoms with van der Waals surface area (Å²) in [6, 6.07) is 5.13. The standard InChI is InChI=1S/C18H16BrFN4O2/c1-10-7-12-13(23-10)3-4-14(16(12)20)26-18-17-11(2)15(25-6-5-19)8-24(17)22-9-21-18/h3-4,7-9,23H,5-6H2,1-2H3. The van der Waals surface area contributed by atoms with E-state index in [0.29, 0.717) is 23.3 Å². The van der Waals surface area contributed by atoms with Gasteiger partial charge in [-0.15, -0.1) is 0 Å². The molecule has 3 aromatic heterocycles. The van der Waals surface area contributed by atoms with Crippen LogP contribution in [-0.4, -0.2) is 31.5 Å². The summed E-state index contributed by atoms with van der Waals surface area (Å²) in [6.45, 7) is 4.30. The van der Waals surface area contributed by atoms with E-state index >= 15 is 0 Å². The number of nitrogens with one attached hydrogen (secondary N) is 1. The predicted molar refractivity (Wildman–Crippen MR) is 100 cm³/mol. The average molecular weight is 419 g/mol. The van der Waals surface area contributed by atoms with Crippen molar-refractivity contribution in [3.8, 4) is 17.4 Å². The van der Waals surface area contributed by atoms with Gasteiger partial charge in [0.1, 0.15) is 17.6 Å². The zero-order valence-corrected chi connectivity index (χ0v) is 15.8. The van der Waals surface area contributed by atoms with Crippen molar-refractivity contribution in [3.63, 3.8) is 0 Å². The van der Waals surface area contributed by atoms with Crippen molar-refractivity contribution in [1.82, 2.24) is 19.6 Å². The average Bonchev–Trinajstić information content (AvgIpc) is 3.16. The van der Waals surface area contributed by atoms with E-state index < -0.39 is 5.82 Å². The molecule has 0 aliphatic carbocycles. The molecule has 0 saturated carbocycles. The second kappa shape index (κ2) is 6.60. The molecule has 0 saturated heterocycles. The Morgan fingerprint density at radius 2 is 2.12 bits per heavy atom. The van der Waals surface area contributed by atoms with Crippen molar-refractivity contribution in [2.24, 2.45) is 0 Å². The molecule has 8 heteroatoms. The summed E-state index contributed by atoms with van der Waals surface area (Å²) >= 11 is 3.33.